The fourth-order valence-electron chi connectivity index (χ4n) is 3.02. The molecule has 0 radical (unpaired) electrons. The maximum Gasteiger partial charge on any atom is 0.267 e. The molecule has 2 aromatic rings. The molecule has 8 heteroatoms. The maximum atomic E-state index is 12.0. The SMILES string of the molecule is O=C(Cc1csc(NC(=O)c2cccs2)n1)NCCCOC1CCCCC1. The van der Waals surface area contributed by atoms with Crippen molar-refractivity contribution in [2.24, 2.45) is 0 Å². The van der Waals surface area contributed by atoms with Crippen LogP contribution in [0.5, 0.6) is 0 Å². The van der Waals surface area contributed by atoms with E-state index in [1.54, 1.807) is 11.4 Å². The second kappa shape index (κ2) is 10.5. The topological polar surface area (TPSA) is 80.3 Å². The summed E-state index contributed by atoms with van der Waals surface area (Å²) in [5.74, 6) is -0.234. The summed E-state index contributed by atoms with van der Waals surface area (Å²) in [5.41, 5.74) is 0.664. The number of nitrogens with one attached hydrogen (secondary N) is 2. The average molecular weight is 408 g/mol. The Morgan fingerprint density at radius 3 is 2.85 bits per heavy atom. The lowest BCUT2D eigenvalue weighted by atomic mass is 9.98. The number of amides is 2. The van der Waals surface area contributed by atoms with Crippen LogP contribution < -0.4 is 10.6 Å². The maximum absolute atomic E-state index is 12.0. The van der Waals surface area contributed by atoms with Gasteiger partial charge in [-0.2, -0.15) is 0 Å². The Bertz CT molecular complexity index is 724. The van der Waals surface area contributed by atoms with Gasteiger partial charge in [0, 0.05) is 18.5 Å². The molecule has 2 N–H and O–H groups in total. The zero-order valence-electron chi connectivity index (χ0n) is 15.2. The van der Waals surface area contributed by atoms with Crippen LogP contribution in [-0.4, -0.2) is 36.1 Å². The first-order chi connectivity index (χ1) is 13.2. The molecule has 2 heterocycles. The first-order valence-corrected chi connectivity index (χ1v) is 11.1. The number of carbonyl (C=O) groups excluding carboxylic acids is 2. The van der Waals surface area contributed by atoms with Crippen molar-refractivity contribution in [3.8, 4) is 0 Å². The van der Waals surface area contributed by atoms with E-state index in [2.05, 4.69) is 15.6 Å². The molecule has 27 heavy (non-hydrogen) atoms. The second-order valence-electron chi connectivity index (χ2n) is 6.59. The van der Waals surface area contributed by atoms with Crippen molar-refractivity contribution >= 4 is 39.6 Å². The highest BCUT2D eigenvalue weighted by Gasteiger charge is 2.14. The highest BCUT2D eigenvalue weighted by molar-refractivity contribution is 7.14. The summed E-state index contributed by atoms with van der Waals surface area (Å²) < 4.78 is 5.85. The van der Waals surface area contributed by atoms with Crippen LogP contribution in [-0.2, 0) is 16.0 Å². The second-order valence-corrected chi connectivity index (χ2v) is 8.39. The molecule has 1 fully saturated rings. The number of anilines is 1. The van der Waals surface area contributed by atoms with E-state index in [1.165, 1.54) is 54.8 Å². The summed E-state index contributed by atoms with van der Waals surface area (Å²) in [5, 5.41) is 9.83. The Kier molecular flexibility index (Phi) is 7.79. The number of thiophene rings is 1. The average Bonchev–Trinajstić information content (AvgIpc) is 3.34. The summed E-state index contributed by atoms with van der Waals surface area (Å²) in [4.78, 5) is 29.0. The predicted octanol–water partition coefficient (Wildman–Crippen LogP) is 3.86. The van der Waals surface area contributed by atoms with Crippen molar-refractivity contribution in [1.29, 1.82) is 0 Å². The molecule has 1 aliphatic carbocycles. The van der Waals surface area contributed by atoms with Gasteiger partial charge in [0.15, 0.2) is 5.13 Å². The van der Waals surface area contributed by atoms with Gasteiger partial charge in [-0.05, 0) is 30.7 Å². The summed E-state index contributed by atoms with van der Waals surface area (Å²) in [6.45, 7) is 1.30. The number of hydrogen-bond donors (Lipinski definition) is 2. The van der Waals surface area contributed by atoms with Crippen LogP contribution in [0.25, 0.3) is 0 Å². The summed E-state index contributed by atoms with van der Waals surface area (Å²) >= 11 is 2.71. The lowest BCUT2D eigenvalue weighted by Crippen LogP contribution is -2.27. The van der Waals surface area contributed by atoms with Crippen LogP contribution in [0.4, 0.5) is 5.13 Å². The van der Waals surface area contributed by atoms with Gasteiger partial charge in [0.1, 0.15) is 0 Å². The van der Waals surface area contributed by atoms with Crippen molar-refractivity contribution in [3.05, 3.63) is 33.5 Å². The molecule has 146 valence electrons. The minimum atomic E-state index is -0.173. The molecule has 0 atom stereocenters. The van der Waals surface area contributed by atoms with E-state index in [-0.39, 0.29) is 18.2 Å². The molecule has 0 aromatic carbocycles. The molecule has 3 rings (SSSR count). The first kappa shape index (κ1) is 20.0. The van der Waals surface area contributed by atoms with E-state index in [1.807, 2.05) is 11.4 Å². The van der Waals surface area contributed by atoms with Gasteiger partial charge in [0.2, 0.25) is 5.91 Å². The Hall–Kier alpha value is -1.77. The Morgan fingerprint density at radius 1 is 1.22 bits per heavy atom. The van der Waals surface area contributed by atoms with Gasteiger partial charge in [-0.15, -0.1) is 22.7 Å². The van der Waals surface area contributed by atoms with Crippen LogP contribution in [0.3, 0.4) is 0 Å². The molecule has 1 aliphatic rings. The Labute approximate surface area is 167 Å². The number of ether oxygens (including phenoxy) is 1. The summed E-state index contributed by atoms with van der Waals surface area (Å²) in [6.07, 6.45) is 7.65. The van der Waals surface area contributed by atoms with Crippen molar-refractivity contribution in [2.45, 2.75) is 51.0 Å². The molecule has 0 bridgehead atoms. The molecular weight excluding hydrogens is 382 g/mol. The quantitative estimate of drug-likeness (QED) is 0.619. The van der Waals surface area contributed by atoms with Crippen molar-refractivity contribution in [1.82, 2.24) is 10.3 Å². The number of thiazole rings is 1. The van der Waals surface area contributed by atoms with E-state index < -0.39 is 0 Å². The summed E-state index contributed by atoms with van der Waals surface area (Å²) in [6, 6.07) is 3.59. The fourth-order valence-corrected chi connectivity index (χ4v) is 4.35. The third kappa shape index (κ3) is 6.71. The van der Waals surface area contributed by atoms with Crippen molar-refractivity contribution in [3.63, 3.8) is 0 Å². The van der Waals surface area contributed by atoms with Crippen LogP contribution in [0.1, 0.15) is 53.9 Å². The molecule has 1 saturated carbocycles. The lowest BCUT2D eigenvalue weighted by molar-refractivity contribution is -0.120. The third-order valence-electron chi connectivity index (χ3n) is 4.41. The third-order valence-corrected chi connectivity index (χ3v) is 6.08. The van der Waals surface area contributed by atoms with Gasteiger partial charge in [-0.3, -0.25) is 14.9 Å². The molecule has 0 unspecified atom stereocenters. The zero-order chi connectivity index (χ0) is 18.9. The molecule has 2 aromatic heterocycles. The van der Waals surface area contributed by atoms with E-state index in [0.717, 1.165) is 6.42 Å². The van der Waals surface area contributed by atoms with Gasteiger partial charge in [0.05, 0.1) is 23.1 Å². The van der Waals surface area contributed by atoms with Crippen LogP contribution in [0, 0.1) is 0 Å². The largest absolute Gasteiger partial charge is 0.378 e. The Balaban J connectivity index is 1.31. The van der Waals surface area contributed by atoms with Gasteiger partial charge in [-0.1, -0.05) is 25.3 Å². The summed E-state index contributed by atoms with van der Waals surface area (Å²) in [7, 11) is 0. The minimum Gasteiger partial charge on any atom is -0.378 e. The number of aromatic nitrogens is 1. The van der Waals surface area contributed by atoms with Crippen LogP contribution >= 0.6 is 22.7 Å². The fraction of sp³-hybridized carbons (Fsp3) is 0.526. The van der Waals surface area contributed by atoms with E-state index in [0.29, 0.717) is 35.0 Å². The molecule has 6 nitrogen and oxygen atoms in total. The normalized spacial score (nSPS) is 14.8. The van der Waals surface area contributed by atoms with Crippen molar-refractivity contribution < 1.29 is 14.3 Å². The van der Waals surface area contributed by atoms with Gasteiger partial charge in [0.25, 0.3) is 5.91 Å². The number of hydrogen-bond acceptors (Lipinski definition) is 6. The lowest BCUT2D eigenvalue weighted by Gasteiger charge is -2.21. The van der Waals surface area contributed by atoms with Crippen LogP contribution in [0.15, 0.2) is 22.9 Å². The van der Waals surface area contributed by atoms with Crippen molar-refractivity contribution in [2.75, 3.05) is 18.5 Å². The van der Waals surface area contributed by atoms with Gasteiger partial charge < -0.3 is 10.1 Å². The predicted molar refractivity (Wildman–Crippen MR) is 109 cm³/mol. The van der Waals surface area contributed by atoms with E-state index in [4.69, 9.17) is 4.74 Å². The number of rotatable bonds is 9. The molecule has 0 aliphatic heterocycles. The van der Waals surface area contributed by atoms with Crippen LogP contribution in [0.2, 0.25) is 0 Å². The minimum absolute atomic E-state index is 0.0610. The van der Waals surface area contributed by atoms with Gasteiger partial charge in [-0.25, -0.2) is 4.98 Å². The van der Waals surface area contributed by atoms with Gasteiger partial charge >= 0.3 is 0 Å². The number of nitrogens with zero attached hydrogens (tertiary/aromatic N) is 1. The Morgan fingerprint density at radius 2 is 2.07 bits per heavy atom. The highest BCUT2D eigenvalue weighted by Crippen LogP contribution is 2.20. The monoisotopic (exact) mass is 407 g/mol. The van der Waals surface area contributed by atoms with E-state index in [9.17, 15) is 9.59 Å². The molecule has 0 saturated heterocycles. The van der Waals surface area contributed by atoms with E-state index >= 15 is 0 Å². The molecule has 2 amide bonds. The first-order valence-electron chi connectivity index (χ1n) is 9.38. The highest BCUT2D eigenvalue weighted by atomic mass is 32.1. The smallest absolute Gasteiger partial charge is 0.267 e. The zero-order valence-corrected chi connectivity index (χ0v) is 16.9. The standard InChI is InChI=1S/C19H25N3O3S2/c23-17(20-9-5-10-25-15-6-2-1-3-7-15)12-14-13-27-19(21-14)22-18(24)16-8-4-11-26-16/h4,8,11,13,15H,1-3,5-7,9-10,12H2,(H,20,23)(H,21,22,24). The molecular formula is C19H25N3O3S2. The molecule has 0 spiro atoms. The number of carbonyl (C=O) groups is 2.